The van der Waals surface area contributed by atoms with E-state index in [-0.39, 0.29) is 5.56 Å². The standard InChI is InChI=1S/C14H10F2O3/c1-19-9-4-2-3-8(5-9)10-6-13(16)11(14(17)18)7-12(10)15/h2-7H,1H3,(H,17,18). The van der Waals surface area contributed by atoms with Crippen molar-refractivity contribution in [2.45, 2.75) is 0 Å². The molecule has 19 heavy (non-hydrogen) atoms. The van der Waals surface area contributed by atoms with Crippen molar-refractivity contribution in [2.24, 2.45) is 0 Å². The summed E-state index contributed by atoms with van der Waals surface area (Å²) < 4.78 is 32.4. The Balaban J connectivity index is 2.56. The molecule has 0 amide bonds. The molecule has 0 aliphatic rings. The van der Waals surface area contributed by atoms with E-state index in [0.29, 0.717) is 17.4 Å². The number of carboxylic acid groups (broad SMARTS) is 1. The van der Waals surface area contributed by atoms with Gasteiger partial charge in [-0.25, -0.2) is 13.6 Å². The second-order valence-corrected chi connectivity index (χ2v) is 3.85. The van der Waals surface area contributed by atoms with Crippen molar-refractivity contribution < 1.29 is 23.4 Å². The van der Waals surface area contributed by atoms with Crippen LogP contribution in [0.4, 0.5) is 8.78 Å². The molecule has 0 fully saturated rings. The van der Waals surface area contributed by atoms with Crippen LogP contribution in [0.5, 0.6) is 5.75 Å². The van der Waals surface area contributed by atoms with E-state index in [1.165, 1.54) is 13.2 Å². The number of halogens is 2. The van der Waals surface area contributed by atoms with Crippen LogP contribution < -0.4 is 4.74 Å². The minimum Gasteiger partial charge on any atom is -0.497 e. The van der Waals surface area contributed by atoms with Gasteiger partial charge < -0.3 is 9.84 Å². The molecule has 0 saturated heterocycles. The summed E-state index contributed by atoms with van der Waals surface area (Å²) in [5.74, 6) is -2.79. The molecular formula is C14H10F2O3. The van der Waals surface area contributed by atoms with Gasteiger partial charge in [-0.05, 0) is 29.8 Å². The highest BCUT2D eigenvalue weighted by atomic mass is 19.1. The zero-order valence-electron chi connectivity index (χ0n) is 9.98. The third kappa shape index (κ3) is 2.54. The van der Waals surface area contributed by atoms with Crippen LogP contribution in [-0.2, 0) is 0 Å². The molecule has 0 aliphatic carbocycles. The second-order valence-electron chi connectivity index (χ2n) is 3.85. The van der Waals surface area contributed by atoms with Crippen LogP contribution in [0, 0.1) is 11.6 Å². The second kappa shape index (κ2) is 5.06. The number of carbonyl (C=O) groups is 1. The molecule has 5 heteroatoms. The Morgan fingerprint density at radius 1 is 1.16 bits per heavy atom. The van der Waals surface area contributed by atoms with Gasteiger partial charge in [-0.15, -0.1) is 0 Å². The van der Waals surface area contributed by atoms with E-state index in [2.05, 4.69) is 0 Å². The monoisotopic (exact) mass is 264 g/mol. The number of methoxy groups -OCH3 is 1. The van der Waals surface area contributed by atoms with Crippen molar-refractivity contribution in [3.05, 3.63) is 53.6 Å². The molecule has 2 aromatic carbocycles. The lowest BCUT2D eigenvalue weighted by Gasteiger charge is -2.07. The van der Waals surface area contributed by atoms with Gasteiger partial charge in [0.05, 0.1) is 12.7 Å². The summed E-state index contributed by atoms with van der Waals surface area (Å²) in [6.45, 7) is 0. The fraction of sp³-hybridized carbons (Fsp3) is 0.0714. The van der Waals surface area contributed by atoms with E-state index in [4.69, 9.17) is 9.84 Å². The van der Waals surface area contributed by atoms with Gasteiger partial charge in [0.25, 0.3) is 0 Å². The first kappa shape index (κ1) is 13.0. The largest absolute Gasteiger partial charge is 0.497 e. The van der Waals surface area contributed by atoms with Gasteiger partial charge in [0.2, 0.25) is 0 Å². The molecule has 2 rings (SSSR count). The van der Waals surface area contributed by atoms with Gasteiger partial charge in [-0.1, -0.05) is 12.1 Å². The average Bonchev–Trinajstić information content (AvgIpc) is 2.40. The minimum absolute atomic E-state index is 0.0126. The maximum atomic E-state index is 13.8. The predicted molar refractivity (Wildman–Crippen MR) is 65.3 cm³/mol. The van der Waals surface area contributed by atoms with Crippen molar-refractivity contribution in [2.75, 3.05) is 7.11 Å². The zero-order chi connectivity index (χ0) is 14.0. The fourth-order valence-electron chi connectivity index (χ4n) is 1.72. The lowest BCUT2D eigenvalue weighted by molar-refractivity contribution is 0.0691. The molecule has 3 nitrogen and oxygen atoms in total. The van der Waals surface area contributed by atoms with Gasteiger partial charge in [0.1, 0.15) is 17.4 Å². The molecule has 0 aliphatic heterocycles. The first-order chi connectivity index (χ1) is 9.02. The van der Waals surface area contributed by atoms with Crippen LogP contribution in [-0.4, -0.2) is 18.2 Å². The summed E-state index contributed by atoms with van der Waals surface area (Å²) in [7, 11) is 1.46. The van der Waals surface area contributed by atoms with E-state index >= 15 is 0 Å². The molecule has 2 aromatic rings. The summed E-state index contributed by atoms with van der Waals surface area (Å²) in [6, 6.07) is 7.97. The molecule has 0 radical (unpaired) electrons. The van der Waals surface area contributed by atoms with Gasteiger partial charge in [-0.3, -0.25) is 0 Å². The van der Waals surface area contributed by atoms with Gasteiger partial charge >= 0.3 is 5.97 Å². The molecule has 0 aromatic heterocycles. The molecule has 0 saturated carbocycles. The number of hydrogen-bond donors (Lipinski definition) is 1. The molecule has 0 spiro atoms. The Morgan fingerprint density at radius 2 is 1.89 bits per heavy atom. The van der Waals surface area contributed by atoms with Crippen molar-refractivity contribution in [1.82, 2.24) is 0 Å². The van der Waals surface area contributed by atoms with Crippen LogP contribution in [0.3, 0.4) is 0 Å². The predicted octanol–water partition coefficient (Wildman–Crippen LogP) is 3.34. The van der Waals surface area contributed by atoms with E-state index in [9.17, 15) is 13.6 Å². The summed E-state index contributed by atoms with van der Waals surface area (Å²) in [5, 5.41) is 8.71. The Labute approximate surface area is 108 Å². The summed E-state index contributed by atoms with van der Waals surface area (Å²) in [5.41, 5.74) is -0.293. The van der Waals surface area contributed by atoms with Gasteiger partial charge in [-0.2, -0.15) is 0 Å². The molecule has 0 bridgehead atoms. The third-order valence-electron chi connectivity index (χ3n) is 2.67. The SMILES string of the molecule is COc1cccc(-c2cc(F)c(C(=O)O)cc2F)c1. The summed E-state index contributed by atoms with van der Waals surface area (Å²) in [4.78, 5) is 10.7. The topological polar surface area (TPSA) is 46.5 Å². The van der Waals surface area contributed by atoms with E-state index < -0.39 is 23.2 Å². The summed E-state index contributed by atoms with van der Waals surface area (Å²) >= 11 is 0. The molecule has 0 heterocycles. The molecule has 0 unspecified atom stereocenters. The van der Waals surface area contributed by atoms with E-state index in [0.717, 1.165) is 6.07 Å². The Bertz CT molecular complexity index is 639. The van der Waals surface area contributed by atoms with E-state index in [1.54, 1.807) is 18.2 Å². The Hall–Kier alpha value is -2.43. The lowest BCUT2D eigenvalue weighted by atomic mass is 10.0. The number of ether oxygens (including phenoxy) is 1. The number of aromatic carboxylic acids is 1. The molecular weight excluding hydrogens is 254 g/mol. The fourth-order valence-corrected chi connectivity index (χ4v) is 1.72. The van der Waals surface area contributed by atoms with Crippen LogP contribution in [0.15, 0.2) is 36.4 Å². The van der Waals surface area contributed by atoms with E-state index in [1.807, 2.05) is 0 Å². The van der Waals surface area contributed by atoms with Crippen LogP contribution >= 0.6 is 0 Å². The highest BCUT2D eigenvalue weighted by molar-refractivity contribution is 5.88. The number of hydrogen-bond acceptors (Lipinski definition) is 2. The first-order valence-electron chi connectivity index (χ1n) is 5.39. The zero-order valence-corrected chi connectivity index (χ0v) is 9.98. The normalized spacial score (nSPS) is 10.3. The highest BCUT2D eigenvalue weighted by Crippen LogP contribution is 2.28. The van der Waals surface area contributed by atoms with Crippen molar-refractivity contribution in [3.63, 3.8) is 0 Å². The van der Waals surface area contributed by atoms with Crippen LogP contribution in [0.25, 0.3) is 11.1 Å². The van der Waals surface area contributed by atoms with Crippen LogP contribution in [0.2, 0.25) is 0 Å². The number of carboxylic acids is 1. The smallest absolute Gasteiger partial charge is 0.338 e. The molecule has 0 atom stereocenters. The molecule has 98 valence electrons. The molecule has 1 N–H and O–H groups in total. The number of rotatable bonds is 3. The number of benzene rings is 2. The maximum Gasteiger partial charge on any atom is 0.338 e. The van der Waals surface area contributed by atoms with Gasteiger partial charge in [0, 0.05) is 5.56 Å². The van der Waals surface area contributed by atoms with Crippen molar-refractivity contribution in [3.8, 4) is 16.9 Å². The minimum atomic E-state index is -1.51. The Kier molecular flexibility index (Phi) is 3.46. The van der Waals surface area contributed by atoms with Gasteiger partial charge in [0.15, 0.2) is 0 Å². The quantitative estimate of drug-likeness (QED) is 0.924. The first-order valence-corrected chi connectivity index (χ1v) is 5.39. The van der Waals surface area contributed by atoms with Crippen molar-refractivity contribution in [1.29, 1.82) is 0 Å². The average molecular weight is 264 g/mol. The lowest BCUT2D eigenvalue weighted by Crippen LogP contribution is -2.02. The maximum absolute atomic E-state index is 13.8. The Morgan fingerprint density at radius 3 is 2.53 bits per heavy atom. The third-order valence-corrected chi connectivity index (χ3v) is 2.67. The van der Waals surface area contributed by atoms with Crippen molar-refractivity contribution >= 4 is 5.97 Å². The van der Waals surface area contributed by atoms with Crippen LogP contribution in [0.1, 0.15) is 10.4 Å². The summed E-state index contributed by atoms with van der Waals surface area (Å²) in [6.07, 6.45) is 0. The highest BCUT2D eigenvalue weighted by Gasteiger charge is 2.16.